The first-order valence-corrected chi connectivity index (χ1v) is 9.16. The molecule has 1 aliphatic rings. The van der Waals surface area contributed by atoms with Crippen molar-refractivity contribution in [1.82, 2.24) is 15.1 Å². The van der Waals surface area contributed by atoms with Crippen LogP contribution in [0, 0.1) is 0 Å². The van der Waals surface area contributed by atoms with Gasteiger partial charge in [-0.3, -0.25) is 9.69 Å². The molecule has 3 amide bonds. The minimum absolute atomic E-state index is 0.0692. The number of thiophene rings is 1. The first-order valence-electron chi connectivity index (χ1n) is 8.28. The summed E-state index contributed by atoms with van der Waals surface area (Å²) in [6.07, 6.45) is 0. The van der Waals surface area contributed by atoms with Gasteiger partial charge in [0.1, 0.15) is 0 Å². The Balaban J connectivity index is 1.45. The van der Waals surface area contributed by atoms with Crippen LogP contribution in [0.15, 0.2) is 41.8 Å². The number of nitrogens with zero attached hydrogens (tertiary/aromatic N) is 2. The van der Waals surface area contributed by atoms with Gasteiger partial charge in [0.2, 0.25) is 5.91 Å². The lowest BCUT2D eigenvalue weighted by molar-refractivity contribution is 0.1000. The monoisotopic (exact) mass is 358 g/mol. The lowest BCUT2D eigenvalue weighted by atomic mass is 10.1. The number of amides is 3. The van der Waals surface area contributed by atoms with E-state index in [1.165, 1.54) is 4.88 Å². The number of primary amides is 1. The van der Waals surface area contributed by atoms with Crippen LogP contribution in [0.25, 0.3) is 0 Å². The standard InChI is InChI=1S/C18H22N4O2S/c19-17(23)15-4-1-3-14(11-15)12-20-18(24)22-8-6-21(7-9-22)13-16-5-2-10-25-16/h1-5,10-11H,6-9,12-13H2,(H2,19,23)(H,20,24). The second kappa shape index (κ2) is 8.13. The zero-order chi connectivity index (χ0) is 17.6. The quantitative estimate of drug-likeness (QED) is 0.856. The molecule has 132 valence electrons. The number of benzene rings is 1. The van der Waals surface area contributed by atoms with Crippen LogP contribution in [-0.4, -0.2) is 47.9 Å². The fourth-order valence-electron chi connectivity index (χ4n) is 2.86. The van der Waals surface area contributed by atoms with Gasteiger partial charge in [0.25, 0.3) is 0 Å². The molecule has 3 N–H and O–H groups in total. The van der Waals surface area contributed by atoms with Crippen molar-refractivity contribution in [1.29, 1.82) is 0 Å². The van der Waals surface area contributed by atoms with Gasteiger partial charge in [0, 0.05) is 49.7 Å². The Kier molecular flexibility index (Phi) is 5.67. The van der Waals surface area contributed by atoms with Crippen molar-refractivity contribution >= 4 is 23.3 Å². The highest BCUT2D eigenvalue weighted by Gasteiger charge is 2.21. The Hall–Kier alpha value is -2.38. The van der Waals surface area contributed by atoms with Gasteiger partial charge in [-0.25, -0.2) is 4.79 Å². The summed E-state index contributed by atoms with van der Waals surface area (Å²) in [6, 6.07) is 11.2. The molecule has 0 atom stereocenters. The molecule has 1 aliphatic heterocycles. The van der Waals surface area contributed by atoms with Crippen molar-refractivity contribution in [2.45, 2.75) is 13.1 Å². The predicted molar refractivity (Wildman–Crippen MR) is 98.4 cm³/mol. The third-order valence-electron chi connectivity index (χ3n) is 4.27. The van der Waals surface area contributed by atoms with Crippen molar-refractivity contribution < 1.29 is 9.59 Å². The Labute approximate surface area is 151 Å². The maximum absolute atomic E-state index is 12.3. The third kappa shape index (κ3) is 4.80. The first-order chi connectivity index (χ1) is 12.1. The van der Waals surface area contributed by atoms with E-state index in [2.05, 4.69) is 27.7 Å². The summed E-state index contributed by atoms with van der Waals surface area (Å²) in [7, 11) is 0. The van der Waals surface area contributed by atoms with Crippen LogP contribution in [-0.2, 0) is 13.1 Å². The highest BCUT2D eigenvalue weighted by atomic mass is 32.1. The molecule has 7 heteroatoms. The average Bonchev–Trinajstić information content (AvgIpc) is 3.13. The number of rotatable bonds is 5. The normalized spacial score (nSPS) is 15.1. The summed E-state index contributed by atoms with van der Waals surface area (Å²) in [6.45, 7) is 4.53. The summed E-state index contributed by atoms with van der Waals surface area (Å²) in [5.74, 6) is -0.463. The maximum Gasteiger partial charge on any atom is 0.317 e. The molecule has 0 unspecified atom stereocenters. The van der Waals surface area contributed by atoms with Crippen LogP contribution < -0.4 is 11.1 Å². The average molecular weight is 358 g/mol. The number of urea groups is 1. The van der Waals surface area contributed by atoms with E-state index in [9.17, 15) is 9.59 Å². The van der Waals surface area contributed by atoms with E-state index in [1.807, 2.05) is 11.0 Å². The van der Waals surface area contributed by atoms with Gasteiger partial charge in [-0.1, -0.05) is 18.2 Å². The molecule has 0 radical (unpaired) electrons. The lowest BCUT2D eigenvalue weighted by Crippen LogP contribution is -2.51. The molecule has 1 saturated heterocycles. The zero-order valence-electron chi connectivity index (χ0n) is 14.0. The second-order valence-corrected chi connectivity index (χ2v) is 7.10. The Bertz CT molecular complexity index is 724. The number of nitrogens with one attached hydrogen (secondary N) is 1. The maximum atomic E-state index is 12.3. The lowest BCUT2D eigenvalue weighted by Gasteiger charge is -2.34. The zero-order valence-corrected chi connectivity index (χ0v) is 14.8. The van der Waals surface area contributed by atoms with Gasteiger partial charge in [-0.15, -0.1) is 11.3 Å². The van der Waals surface area contributed by atoms with Crippen LogP contribution in [0.2, 0.25) is 0 Å². The van der Waals surface area contributed by atoms with Crippen LogP contribution in [0.4, 0.5) is 4.79 Å². The number of piperazine rings is 1. The summed E-state index contributed by atoms with van der Waals surface area (Å²) < 4.78 is 0. The summed E-state index contributed by atoms with van der Waals surface area (Å²) >= 11 is 1.77. The summed E-state index contributed by atoms with van der Waals surface area (Å²) in [5.41, 5.74) is 6.59. The molecule has 2 heterocycles. The number of nitrogens with two attached hydrogens (primary N) is 1. The number of carbonyl (C=O) groups is 2. The van der Waals surface area contributed by atoms with E-state index in [0.717, 1.165) is 38.3 Å². The highest BCUT2D eigenvalue weighted by Crippen LogP contribution is 2.13. The van der Waals surface area contributed by atoms with Gasteiger partial charge >= 0.3 is 6.03 Å². The predicted octanol–water partition coefficient (Wildman–Crippen LogP) is 1.87. The fraction of sp³-hybridized carbons (Fsp3) is 0.333. The number of carbonyl (C=O) groups excluding carboxylic acids is 2. The van der Waals surface area contributed by atoms with Crippen molar-refractivity contribution in [3.05, 3.63) is 57.8 Å². The molecule has 1 aromatic heterocycles. The van der Waals surface area contributed by atoms with Gasteiger partial charge in [-0.2, -0.15) is 0 Å². The Morgan fingerprint density at radius 2 is 1.92 bits per heavy atom. The highest BCUT2D eigenvalue weighted by molar-refractivity contribution is 7.09. The Morgan fingerprint density at radius 3 is 2.60 bits per heavy atom. The van der Waals surface area contributed by atoms with E-state index in [0.29, 0.717) is 12.1 Å². The Morgan fingerprint density at radius 1 is 1.12 bits per heavy atom. The van der Waals surface area contributed by atoms with Crippen molar-refractivity contribution in [2.75, 3.05) is 26.2 Å². The summed E-state index contributed by atoms with van der Waals surface area (Å²) in [5, 5.41) is 5.00. The molecule has 0 bridgehead atoms. The molecule has 0 saturated carbocycles. The molecule has 6 nitrogen and oxygen atoms in total. The van der Waals surface area contributed by atoms with Gasteiger partial charge in [0.15, 0.2) is 0 Å². The smallest absolute Gasteiger partial charge is 0.317 e. The van der Waals surface area contributed by atoms with Crippen molar-refractivity contribution in [3.8, 4) is 0 Å². The third-order valence-corrected chi connectivity index (χ3v) is 5.14. The van der Waals surface area contributed by atoms with E-state index < -0.39 is 5.91 Å². The molecule has 2 aromatic rings. The van der Waals surface area contributed by atoms with Gasteiger partial charge in [0.05, 0.1) is 0 Å². The van der Waals surface area contributed by atoms with Gasteiger partial charge in [-0.05, 0) is 29.1 Å². The number of hydrogen-bond acceptors (Lipinski definition) is 4. The first kappa shape index (κ1) is 17.4. The largest absolute Gasteiger partial charge is 0.366 e. The molecular weight excluding hydrogens is 336 g/mol. The molecule has 1 aromatic carbocycles. The van der Waals surface area contributed by atoms with E-state index in [-0.39, 0.29) is 6.03 Å². The van der Waals surface area contributed by atoms with E-state index in [1.54, 1.807) is 29.5 Å². The molecule has 25 heavy (non-hydrogen) atoms. The van der Waals surface area contributed by atoms with Crippen molar-refractivity contribution in [2.24, 2.45) is 5.73 Å². The molecule has 0 aliphatic carbocycles. The van der Waals surface area contributed by atoms with Crippen LogP contribution >= 0.6 is 11.3 Å². The van der Waals surface area contributed by atoms with Crippen LogP contribution in [0.5, 0.6) is 0 Å². The van der Waals surface area contributed by atoms with E-state index >= 15 is 0 Å². The van der Waals surface area contributed by atoms with Crippen LogP contribution in [0.3, 0.4) is 0 Å². The van der Waals surface area contributed by atoms with E-state index in [4.69, 9.17) is 5.73 Å². The van der Waals surface area contributed by atoms with Gasteiger partial charge < -0.3 is 16.0 Å². The SMILES string of the molecule is NC(=O)c1cccc(CNC(=O)N2CCN(Cc3cccs3)CC2)c1. The minimum Gasteiger partial charge on any atom is -0.366 e. The van der Waals surface area contributed by atoms with Crippen LogP contribution in [0.1, 0.15) is 20.8 Å². The molecular formula is C18H22N4O2S. The number of hydrogen-bond donors (Lipinski definition) is 2. The fourth-order valence-corrected chi connectivity index (χ4v) is 3.60. The molecule has 1 fully saturated rings. The molecule has 0 spiro atoms. The second-order valence-electron chi connectivity index (χ2n) is 6.07. The molecule has 3 rings (SSSR count). The van der Waals surface area contributed by atoms with Crippen molar-refractivity contribution in [3.63, 3.8) is 0 Å². The summed E-state index contributed by atoms with van der Waals surface area (Å²) in [4.78, 5) is 29.1. The topological polar surface area (TPSA) is 78.7 Å². The minimum atomic E-state index is -0.463.